The van der Waals surface area contributed by atoms with E-state index in [1.807, 2.05) is 45.9 Å². The van der Waals surface area contributed by atoms with E-state index in [9.17, 15) is 14.7 Å². The molecule has 130 valence electrons. The molecule has 0 saturated heterocycles. The Hall–Kier alpha value is -2.14. The highest BCUT2D eigenvalue weighted by Gasteiger charge is 2.30. The van der Waals surface area contributed by atoms with Crippen LogP contribution in [0.15, 0.2) is 41.3 Å². The zero-order chi connectivity index (χ0) is 17.9. The molecule has 0 spiro atoms. The quantitative estimate of drug-likeness (QED) is 0.852. The van der Waals surface area contributed by atoms with Gasteiger partial charge in [-0.25, -0.2) is 0 Å². The Kier molecular flexibility index (Phi) is 5.44. The molecule has 5 heteroatoms. The van der Waals surface area contributed by atoms with Gasteiger partial charge in [0.1, 0.15) is 6.54 Å². The van der Waals surface area contributed by atoms with E-state index in [1.54, 1.807) is 16.8 Å². The van der Waals surface area contributed by atoms with Crippen molar-refractivity contribution in [3.8, 4) is 0 Å². The van der Waals surface area contributed by atoms with Crippen molar-refractivity contribution in [1.29, 1.82) is 0 Å². The number of nitrogens with zero attached hydrogens (tertiary/aromatic N) is 1. The minimum Gasteiger partial charge on any atom is -0.392 e. The number of pyridine rings is 1. The molecule has 1 unspecified atom stereocenters. The molecule has 1 amide bonds. The SMILES string of the molecule is CC(C)C(O)C(C)(C)CNC(=O)Cn1ccc(=O)c2ccccc21. The predicted molar refractivity (Wildman–Crippen MR) is 95.8 cm³/mol. The average Bonchev–Trinajstić information content (AvgIpc) is 2.55. The molecule has 0 radical (unpaired) electrons. The normalized spacial score (nSPS) is 13.2. The lowest BCUT2D eigenvalue weighted by Gasteiger charge is -2.33. The second kappa shape index (κ2) is 7.18. The van der Waals surface area contributed by atoms with Gasteiger partial charge in [0.15, 0.2) is 5.43 Å². The van der Waals surface area contributed by atoms with E-state index < -0.39 is 11.5 Å². The fourth-order valence-electron chi connectivity index (χ4n) is 2.94. The van der Waals surface area contributed by atoms with Gasteiger partial charge in [-0.15, -0.1) is 0 Å². The van der Waals surface area contributed by atoms with Gasteiger partial charge in [-0.2, -0.15) is 0 Å². The monoisotopic (exact) mass is 330 g/mol. The summed E-state index contributed by atoms with van der Waals surface area (Å²) in [6.45, 7) is 8.32. The number of aliphatic hydroxyl groups is 1. The van der Waals surface area contributed by atoms with Crippen molar-refractivity contribution < 1.29 is 9.90 Å². The number of hydrogen-bond donors (Lipinski definition) is 2. The average molecular weight is 330 g/mol. The maximum atomic E-state index is 12.3. The van der Waals surface area contributed by atoms with Crippen molar-refractivity contribution in [2.45, 2.75) is 40.3 Å². The lowest BCUT2D eigenvalue weighted by molar-refractivity contribution is -0.122. The molecule has 24 heavy (non-hydrogen) atoms. The summed E-state index contributed by atoms with van der Waals surface area (Å²) in [7, 11) is 0. The summed E-state index contributed by atoms with van der Waals surface area (Å²) < 4.78 is 1.76. The van der Waals surface area contributed by atoms with Gasteiger partial charge in [0.05, 0.1) is 11.6 Å². The van der Waals surface area contributed by atoms with Gasteiger partial charge < -0.3 is 15.0 Å². The summed E-state index contributed by atoms with van der Waals surface area (Å²) in [5.41, 5.74) is 0.278. The number of aliphatic hydroxyl groups excluding tert-OH is 1. The summed E-state index contributed by atoms with van der Waals surface area (Å²) in [6, 6.07) is 8.72. The first kappa shape index (κ1) is 18.2. The Bertz CT molecular complexity index is 778. The summed E-state index contributed by atoms with van der Waals surface area (Å²) in [6.07, 6.45) is 1.14. The molecule has 0 aliphatic rings. The Morgan fingerprint density at radius 3 is 2.58 bits per heavy atom. The summed E-state index contributed by atoms with van der Waals surface area (Å²) in [5, 5.41) is 13.7. The number of amides is 1. The molecule has 5 nitrogen and oxygen atoms in total. The zero-order valence-electron chi connectivity index (χ0n) is 14.7. The first-order valence-electron chi connectivity index (χ1n) is 8.25. The minimum atomic E-state index is -0.494. The van der Waals surface area contributed by atoms with E-state index in [1.165, 1.54) is 6.07 Å². The molecule has 2 aromatic rings. The van der Waals surface area contributed by atoms with Crippen LogP contribution < -0.4 is 10.7 Å². The molecule has 0 bridgehead atoms. The standard InChI is InChI=1S/C19H26N2O3/c1-13(2)18(24)19(3,4)12-20-17(23)11-21-10-9-16(22)14-7-5-6-8-15(14)21/h5-10,13,18,24H,11-12H2,1-4H3,(H,20,23). The van der Waals surface area contributed by atoms with Gasteiger partial charge in [-0.1, -0.05) is 39.8 Å². The van der Waals surface area contributed by atoms with Crippen LogP contribution in [-0.2, 0) is 11.3 Å². The molecule has 1 aromatic carbocycles. The number of nitrogens with one attached hydrogen (secondary N) is 1. The number of fused-ring (bicyclic) bond motifs is 1. The van der Waals surface area contributed by atoms with Crippen LogP contribution >= 0.6 is 0 Å². The predicted octanol–water partition coefficient (Wildman–Crippen LogP) is 2.16. The Labute approximate surface area is 142 Å². The second-order valence-corrected chi connectivity index (χ2v) is 7.28. The van der Waals surface area contributed by atoms with E-state index in [2.05, 4.69) is 5.32 Å². The zero-order valence-corrected chi connectivity index (χ0v) is 14.7. The van der Waals surface area contributed by atoms with Gasteiger partial charge >= 0.3 is 0 Å². The van der Waals surface area contributed by atoms with Crippen LogP contribution in [0.1, 0.15) is 27.7 Å². The largest absolute Gasteiger partial charge is 0.392 e. The molecule has 0 saturated carbocycles. The van der Waals surface area contributed by atoms with E-state index >= 15 is 0 Å². The third kappa shape index (κ3) is 4.03. The Morgan fingerprint density at radius 1 is 1.25 bits per heavy atom. The molecule has 2 rings (SSSR count). The van der Waals surface area contributed by atoms with Crippen molar-refractivity contribution in [2.75, 3.05) is 6.54 Å². The van der Waals surface area contributed by atoms with E-state index in [0.717, 1.165) is 5.52 Å². The number of benzene rings is 1. The summed E-state index contributed by atoms with van der Waals surface area (Å²) in [5.74, 6) is -0.0207. The van der Waals surface area contributed by atoms with Crippen LogP contribution in [0.3, 0.4) is 0 Å². The number of aromatic nitrogens is 1. The molecule has 0 aliphatic carbocycles. The fourth-order valence-corrected chi connectivity index (χ4v) is 2.94. The molecule has 1 heterocycles. The van der Waals surface area contributed by atoms with Gasteiger partial charge in [-0.3, -0.25) is 9.59 Å². The topological polar surface area (TPSA) is 71.3 Å². The molecule has 1 aromatic heterocycles. The van der Waals surface area contributed by atoms with Crippen LogP contribution in [0.5, 0.6) is 0 Å². The van der Waals surface area contributed by atoms with Crippen LogP contribution in [-0.4, -0.2) is 28.2 Å². The highest BCUT2D eigenvalue weighted by Crippen LogP contribution is 2.25. The second-order valence-electron chi connectivity index (χ2n) is 7.28. The molecular formula is C19H26N2O3. The van der Waals surface area contributed by atoms with Crippen LogP contribution in [0, 0.1) is 11.3 Å². The lowest BCUT2D eigenvalue weighted by atomic mass is 9.81. The number of rotatable bonds is 6. The third-order valence-electron chi connectivity index (χ3n) is 4.37. The fraction of sp³-hybridized carbons (Fsp3) is 0.474. The summed E-state index contributed by atoms with van der Waals surface area (Å²) in [4.78, 5) is 24.2. The first-order chi connectivity index (χ1) is 11.2. The highest BCUT2D eigenvalue weighted by atomic mass is 16.3. The van der Waals surface area contributed by atoms with Gasteiger partial charge in [0.2, 0.25) is 5.91 Å². The number of hydrogen-bond acceptors (Lipinski definition) is 3. The van der Waals surface area contributed by atoms with Crippen molar-refractivity contribution in [3.63, 3.8) is 0 Å². The molecular weight excluding hydrogens is 304 g/mol. The molecule has 2 N–H and O–H groups in total. The Morgan fingerprint density at radius 2 is 1.92 bits per heavy atom. The van der Waals surface area contributed by atoms with E-state index in [4.69, 9.17) is 0 Å². The van der Waals surface area contributed by atoms with Crippen molar-refractivity contribution >= 4 is 16.8 Å². The number of para-hydroxylation sites is 1. The van der Waals surface area contributed by atoms with Gasteiger partial charge in [-0.05, 0) is 18.1 Å². The van der Waals surface area contributed by atoms with Crippen LogP contribution in [0.4, 0.5) is 0 Å². The first-order valence-corrected chi connectivity index (χ1v) is 8.25. The van der Waals surface area contributed by atoms with E-state index in [-0.39, 0.29) is 23.8 Å². The molecule has 1 atom stereocenters. The molecule has 0 aliphatic heterocycles. The van der Waals surface area contributed by atoms with Crippen molar-refractivity contribution in [1.82, 2.24) is 9.88 Å². The third-order valence-corrected chi connectivity index (χ3v) is 4.37. The molecule has 0 fully saturated rings. The van der Waals surface area contributed by atoms with Crippen LogP contribution in [0.2, 0.25) is 0 Å². The van der Waals surface area contributed by atoms with Crippen molar-refractivity contribution in [2.24, 2.45) is 11.3 Å². The number of carbonyl (C=O) groups is 1. The minimum absolute atomic E-state index is 0.0524. The maximum Gasteiger partial charge on any atom is 0.239 e. The van der Waals surface area contributed by atoms with Crippen molar-refractivity contribution in [3.05, 3.63) is 46.8 Å². The Balaban J connectivity index is 2.09. The van der Waals surface area contributed by atoms with Crippen LogP contribution in [0.25, 0.3) is 10.9 Å². The lowest BCUT2D eigenvalue weighted by Crippen LogP contribution is -2.44. The maximum absolute atomic E-state index is 12.3. The van der Waals surface area contributed by atoms with E-state index in [0.29, 0.717) is 11.9 Å². The van der Waals surface area contributed by atoms with Gasteiger partial charge in [0.25, 0.3) is 0 Å². The highest BCUT2D eigenvalue weighted by molar-refractivity contribution is 5.82. The summed E-state index contributed by atoms with van der Waals surface area (Å²) >= 11 is 0. The number of carbonyl (C=O) groups excluding carboxylic acids is 1. The smallest absolute Gasteiger partial charge is 0.239 e. The van der Waals surface area contributed by atoms with Gasteiger partial charge in [0, 0.05) is 29.6 Å².